The molecule has 0 spiro atoms. The second-order valence-electron chi connectivity index (χ2n) is 30.0. The largest absolute Gasteiger partial charge is 0.497 e. The summed E-state index contributed by atoms with van der Waals surface area (Å²) in [5, 5.41) is 0. The fourth-order valence-electron chi connectivity index (χ4n) is 13.8. The Morgan fingerprint density at radius 2 is 0.440 bits per heavy atom. The van der Waals surface area contributed by atoms with Crippen LogP contribution in [0.25, 0.3) is 0 Å². The summed E-state index contributed by atoms with van der Waals surface area (Å²) in [7, 11) is -6.59. The number of halogens is 6. The highest BCUT2D eigenvalue weighted by atomic mass is 32.2. The van der Waals surface area contributed by atoms with Crippen molar-refractivity contribution in [1.82, 2.24) is 0 Å². The molecule has 0 bridgehead atoms. The van der Waals surface area contributed by atoms with Gasteiger partial charge in [-0.2, -0.15) is 26.3 Å². The molecule has 0 aliphatic heterocycles. The minimum atomic E-state index is -5.73. The standard InChI is InChI=1S/C33H30F6O4S.C33H36O4S.C29H28O4S/c1-19-15-24(16-20(2)23(19)5)31(32(34,35)36,33(37,38)39)25-17-21(3)30(22(4)18-25)43-27-9-13-29(14-10-27)44(40,41)28-11-7-26(42-6)8-12-28;1-21-17-26(18-22(2)25(21)5)33(6,7)27-19-23(3)32(24(4)20-27)37-29-11-15-31(16-12-29)38(34,35)30-13-9-28(36-8)10-14-30;1-21-5-7-22(8-6-21)29(2,3)23-9-11-25(12-10-23)33-26-15-19-28(20-16-26)34(30,31)27-17-13-24(32-4)14-18-27/h7-18H,1-6H3;9-20H,1-8H3;5-20H,1-4H3. The van der Waals surface area contributed by atoms with Crippen molar-refractivity contribution in [3.05, 3.63) is 337 Å². The number of sulfone groups is 3. The molecule has 606 valence electrons. The second-order valence-corrected chi connectivity index (χ2v) is 35.8. The lowest BCUT2D eigenvalue weighted by Crippen LogP contribution is -2.55. The monoisotopic (exact) mass is 1640 g/mol. The van der Waals surface area contributed by atoms with Gasteiger partial charge in [-0.1, -0.05) is 118 Å². The molecule has 12 aromatic rings. The van der Waals surface area contributed by atoms with Crippen LogP contribution in [0.15, 0.2) is 272 Å². The van der Waals surface area contributed by atoms with E-state index in [0.29, 0.717) is 51.2 Å². The van der Waals surface area contributed by atoms with Crippen molar-refractivity contribution in [3.63, 3.8) is 0 Å². The third kappa shape index (κ3) is 18.4. The molecule has 0 saturated heterocycles. The minimum Gasteiger partial charge on any atom is -0.497 e. The number of hydrogen-bond donors (Lipinski definition) is 0. The Hall–Kier alpha value is -11.1. The first-order valence-electron chi connectivity index (χ1n) is 37.1. The van der Waals surface area contributed by atoms with Crippen molar-refractivity contribution < 1.29 is 80.0 Å². The normalized spacial score (nSPS) is 12.2. The third-order valence-electron chi connectivity index (χ3n) is 21.5. The van der Waals surface area contributed by atoms with Gasteiger partial charge in [0.05, 0.1) is 50.7 Å². The number of aryl methyl sites for hydroxylation is 9. The number of alkyl halides is 6. The van der Waals surface area contributed by atoms with Crippen molar-refractivity contribution in [2.75, 3.05) is 21.3 Å². The van der Waals surface area contributed by atoms with Crippen LogP contribution in [0.4, 0.5) is 26.3 Å². The summed E-state index contributed by atoms with van der Waals surface area (Å²) in [5.41, 5.74) is 6.99. The minimum absolute atomic E-state index is 0.0334. The van der Waals surface area contributed by atoms with E-state index in [1.807, 2.05) is 12.1 Å². The topological polar surface area (TPSA) is 158 Å². The van der Waals surface area contributed by atoms with Gasteiger partial charge in [-0.15, -0.1) is 0 Å². The predicted octanol–water partition coefficient (Wildman–Crippen LogP) is 24.4. The molecule has 0 unspecified atom stereocenters. The summed E-state index contributed by atoms with van der Waals surface area (Å²) in [4.78, 5) is 0.850. The molecule has 0 fully saturated rings. The molecule has 0 N–H and O–H groups in total. The lowest BCUT2D eigenvalue weighted by molar-refractivity contribution is -0.288. The van der Waals surface area contributed by atoms with Crippen LogP contribution in [0.5, 0.6) is 51.7 Å². The van der Waals surface area contributed by atoms with Crippen LogP contribution in [-0.4, -0.2) is 58.9 Å². The number of methoxy groups -OCH3 is 3. The first kappa shape index (κ1) is 87.3. The van der Waals surface area contributed by atoms with Gasteiger partial charge in [0.25, 0.3) is 0 Å². The molecule has 0 heterocycles. The maximum Gasteiger partial charge on any atom is 0.411 e. The van der Waals surface area contributed by atoms with E-state index in [1.165, 1.54) is 140 Å². The van der Waals surface area contributed by atoms with Crippen molar-refractivity contribution >= 4 is 29.5 Å². The highest BCUT2D eigenvalue weighted by molar-refractivity contribution is 7.92. The SMILES string of the molecule is COc1ccc(S(=O)(=O)c2ccc(Oc3c(C)cc(C(C)(C)c4cc(C)c(C)c(C)c4)cc3C)cc2)cc1.COc1ccc(S(=O)(=O)c2ccc(Oc3c(C)cc(C(c4cc(C)c(C)c(C)c4)(C(F)(F)F)C(F)(F)F)cc3C)cc2)cc1.COc1ccc(S(=O)(=O)c2ccc(Oc3ccc(C(C)(C)c4ccc(C)cc4)cc3)cc2)cc1. The van der Waals surface area contributed by atoms with Crippen LogP contribution >= 0.6 is 0 Å². The van der Waals surface area contributed by atoms with Crippen molar-refractivity contribution in [2.24, 2.45) is 0 Å². The van der Waals surface area contributed by atoms with Crippen molar-refractivity contribution in [1.29, 1.82) is 0 Å². The van der Waals surface area contributed by atoms with Gasteiger partial charge >= 0.3 is 12.4 Å². The molecular weight excluding hydrogens is 1540 g/mol. The number of benzene rings is 12. The molecule has 0 aliphatic rings. The molecule has 12 aromatic carbocycles. The zero-order valence-electron chi connectivity index (χ0n) is 68.0. The highest BCUT2D eigenvalue weighted by Crippen LogP contribution is 2.58. The number of ether oxygens (including phenoxy) is 6. The van der Waals surface area contributed by atoms with Gasteiger partial charge in [0, 0.05) is 10.8 Å². The van der Waals surface area contributed by atoms with Crippen LogP contribution in [0, 0.1) is 76.2 Å². The molecule has 12 rings (SSSR count). The van der Waals surface area contributed by atoms with E-state index in [-0.39, 0.29) is 62.8 Å². The van der Waals surface area contributed by atoms with Crippen LogP contribution in [0.3, 0.4) is 0 Å². The first-order chi connectivity index (χ1) is 54.4. The molecule has 0 radical (unpaired) electrons. The maximum absolute atomic E-state index is 14.8. The Morgan fingerprint density at radius 3 is 0.690 bits per heavy atom. The molecule has 0 amide bonds. The molecule has 0 aromatic heterocycles. The van der Waals surface area contributed by atoms with E-state index < -0.39 is 58.4 Å². The second kappa shape index (κ2) is 34.4. The van der Waals surface area contributed by atoms with Gasteiger partial charge in [-0.25, -0.2) is 25.3 Å². The maximum atomic E-state index is 14.8. The predicted molar refractivity (Wildman–Crippen MR) is 443 cm³/mol. The van der Waals surface area contributed by atoms with Crippen molar-refractivity contribution in [2.45, 2.75) is 162 Å². The molecule has 21 heteroatoms. The summed E-state index contributed by atoms with van der Waals surface area (Å²) in [6, 6.07) is 66.0. The van der Waals surface area contributed by atoms with Gasteiger partial charge in [0.2, 0.25) is 34.9 Å². The summed E-state index contributed by atoms with van der Waals surface area (Å²) >= 11 is 0. The smallest absolute Gasteiger partial charge is 0.411 e. The zero-order chi connectivity index (χ0) is 85.0. The Kier molecular flexibility index (Phi) is 25.8. The lowest BCUT2D eigenvalue weighted by Gasteiger charge is -2.39. The Labute approximate surface area is 677 Å². The molecule has 12 nitrogen and oxygen atoms in total. The van der Waals surface area contributed by atoms with E-state index in [4.69, 9.17) is 28.4 Å². The fourth-order valence-corrected chi connectivity index (χ4v) is 17.6. The van der Waals surface area contributed by atoms with E-state index in [2.05, 4.69) is 130 Å². The van der Waals surface area contributed by atoms with E-state index >= 15 is 0 Å². The Morgan fingerprint density at radius 1 is 0.241 bits per heavy atom. The van der Waals surface area contributed by atoms with Gasteiger partial charge < -0.3 is 28.4 Å². The molecule has 116 heavy (non-hydrogen) atoms. The molecule has 0 aliphatic carbocycles. The van der Waals surface area contributed by atoms with E-state index in [0.717, 1.165) is 41.1 Å². The number of hydrogen-bond acceptors (Lipinski definition) is 12. The van der Waals surface area contributed by atoms with Crippen LogP contribution < -0.4 is 28.4 Å². The van der Waals surface area contributed by atoms with E-state index in [9.17, 15) is 51.6 Å². The summed E-state index contributed by atoms with van der Waals surface area (Å²) in [6.45, 7) is 28.9. The van der Waals surface area contributed by atoms with Gasteiger partial charge in [0.15, 0.2) is 0 Å². The molecule has 0 saturated carbocycles. The lowest BCUT2D eigenvalue weighted by atomic mass is 9.71. The fraction of sp³-hybridized carbons (Fsp3) is 0.242. The van der Waals surface area contributed by atoms with Gasteiger partial charge in [-0.05, 0) is 323 Å². The first-order valence-corrected chi connectivity index (χ1v) is 41.6. The molecular formula is C95H94F6O12S3. The van der Waals surface area contributed by atoms with Crippen molar-refractivity contribution in [3.8, 4) is 51.7 Å². The Bertz CT molecular complexity index is 5780. The summed E-state index contributed by atoms with van der Waals surface area (Å²) in [5.74, 6) is 4.51. The van der Waals surface area contributed by atoms with E-state index in [1.54, 1.807) is 106 Å². The van der Waals surface area contributed by atoms with Gasteiger partial charge in [-0.3, -0.25) is 0 Å². The Balaban J connectivity index is 0.000000185. The average molecular weight is 1640 g/mol. The zero-order valence-corrected chi connectivity index (χ0v) is 70.4. The highest BCUT2D eigenvalue weighted by Gasteiger charge is 2.72. The summed E-state index contributed by atoms with van der Waals surface area (Å²) in [6.07, 6.45) is -11.5. The third-order valence-corrected chi connectivity index (χ3v) is 26.8. The van der Waals surface area contributed by atoms with Crippen LogP contribution in [0.1, 0.15) is 122 Å². The average Bonchev–Trinajstić information content (AvgIpc) is 0.706. The molecule has 0 atom stereocenters. The number of rotatable bonds is 21. The quantitative estimate of drug-likeness (QED) is 0.0628. The van der Waals surface area contributed by atoms with Crippen LogP contribution in [0.2, 0.25) is 0 Å². The summed E-state index contributed by atoms with van der Waals surface area (Å²) < 4.78 is 200. The van der Waals surface area contributed by atoms with Crippen LogP contribution in [-0.2, 0) is 45.8 Å². The van der Waals surface area contributed by atoms with Gasteiger partial charge in [0.1, 0.15) is 51.7 Å².